The van der Waals surface area contributed by atoms with Gasteiger partial charge in [0.15, 0.2) is 0 Å². The molecular formula is C37H52N4O9S. The second-order valence-electron chi connectivity index (χ2n) is 15.0. The lowest BCUT2D eigenvalue weighted by Gasteiger charge is -2.29. The maximum Gasteiger partial charge on any atom is 0.407 e. The predicted molar refractivity (Wildman–Crippen MR) is 191 cm³/mol. The summed E-state index contributed by atoms with van der Waals surface area (Å²) in [5, 5.41) is 4.89. The van der Waals surface area contributed by atoms with Crippen molar-refractivity contribution in [3.05, 3.63) is 48.1 Å². The zero-order valence-electron chi connectivity index (χ0n) is 30.1. The van der Waals surface area contributed by atoms with Crippen LogP contribution in [0.15, 0.2) is 36.9 Å². The fourth-order valence-electron chi connectivity index (χ4n) is 6.56. The van der Waals surface area contributed by atoms with Gasteiger partial charge in [0, 0.05) is 18.9 Å². The topological polar surface area (TPSA) is 169 Å². The monoisotopic (exact) mass is 728 g/mol. The molecular weight excluding hydrogens is 676 g/mol. The van der Waals surface area contributed by atoms with Crippen LogP contribution in [0.25, 0.3) is 6.08 Å². The van der Waals surface area contributed by atoms with Gasteiger partial charge in [0.2, 0.25) is 21.8 Å². The number of rotatable bonds is 10. The molecule has 1 aromatic rings. The first-order valence-electron chi connectivity index (χ1n) is 18.0. The van der Waals surface area contributed by atoms with Gasteiger partial charge in [-0.25, -0.2) is 13.2 Å². The summed E-state index contributed by atoms with van der Waals surface area (Å²) in [5.41, 5.74) is -0.195. The number of carbonyl (C=O) groups excluding carboxylic acids is 4. The van der Waals surface area contributed by atoms with Gasteiger partial charge in [-0.15, -0.1) is 6.58 Å². The molecule has 0 radical (unpaired) electrons. The lowest BCUT2D eigenvalue weighted by molar-refractivity contribution is -0.141. The Balaban J connectivity index is 1.42. The Morgan fingerprint density at radius 1 is 1.20 bits per heavy atom. The van der Waals surface area contributed by atoms with Crippen molar-refractivity contribution in [1.82, 2.24) is 20.3 Å². The van der Waals surface area contributed by atoms with Gasteiger partial charge in [0.25, 0.3) is 5.91 Å². The van der Waals surface area contributed by atoms with Crippen LogP contribution >= 0.6 is 0 Å². The van der Waals surface area contributed by atoms with Crippen molar-refractivity contribution in [2.75, 3.05) is 13.2 Å². The third-order valence-corrected chi connectivity index (χ3v) is 11.3. The standard InChI is InChI=1S/C37H52N4O9S/c1-6-8-13-30-33(43)41-22-28(20-31(41)32(42)39-37(21-26(37)7-2)34(44)40-51(46,47)29-14-15-29)49-23-25-17-24(18-27(19-25)50-36(3,4)5)12-10-9-11-16-48-35(45)38-30/h7,10,12,17-19,26,28-31H,2,6,8-9,11,13-16,20-23H2,1,3-5H3,(H,38,45)(H,39,42)(H,40,44)/b12-10+/t26-,28+,30-,31-,37-/m0/s1. The van der Waals surface area contributed by atoms with Crippen molar-refractivity contribution >= 4 is 39.9 Å². The molecule has 2 aliphatic carbocycles. The third-order valence-electron chi connectivity index (χ3n) is 9.49. The Morgan fingerprint density at radius 2 is 1.96 bits per heavy atom. The molecule has 280 valence electrons. The van der Waals surface area contributed by atoms with Gasteiger partial charge in [-0.1, -0.05) is 38.0 Å². The summed E-state index contributed by atoms with van der Waals surface area (Å²) >= 11 is 0. The van der Waals surface area contributed by atoms with E-state index in [-0.39, 0.29) is 32.6 Å². The highest BCUT2D eigenvalue weighted by Crippen LogP contribution is 2.45. The molecule has 51 heavy (non-hydrogen) atoms. The molecule has 4 aliphatic rings. The lowest BCUT2D eigenvalue weighted by atomic mass is 10.1. The van der Waals surface area contributed by atoms with E-state index >= 15 is 0 Å². The highest BCUT2D eigenvalue weighted by molar-refractivity contribution is 7.91. The average Bonchev–Trinajstić information content (AvgIpc) is 3.98. The predicted octanol–water partition coefficient (Wildman–Crippen LogP) is 4.11. The van der Waals surface area contributed by atoms with Crippen molar-refractivity contribution in [3.8, 4) is 5.75 Å². The van der Waals surface area contributed by atoms with Crippen molar-refractivity contribution in [1.29, 1.82) is 0 Å². The number of alkyl carbamates (subject to hydrolysis) is 1. The van der Waals surface area contributed by atoms with Crippen molar-refractivity contribution in [2.45, 2.75) is 127 Å². The number of hydrogen-bond donors (Lipinski definition) is 3. The normalized spacial score (nSPS) is 28.0. The van der Waals surface area contributed by atoms with Crippen molar-refractivity contribution in [3.63, 3.8) is 0 Å². The molecule has 5 rings (SSSR count). The van der Waals surface area contributed by atoms with E-state index in [1.54, 1.807) is 0 Å². The minimum atomic E-state index is -3.87. The van der Waals surface area contributed by atoms with E-state index < -0.39 is 74.3 Å². The molecule has 5 atom stereocenters. The second-order valence-corrected chi connectivity index (χ2v) is 17.0. The number of unbranched alkanes of at least 4 members (excludes halogenated alkanes) is 1. The number of carbonyl (C=O) groups is 4. The summed E-state index contributed by atoms with van der Waals surface area (Å²) in [6.45, 7) is 12.0. The summed E-state index contributed by atoms with van der Waals surface area (Å²) in [6.07, 6.45) is 8.42. The van der Waals surface area contributed by atoms with Crippen LogP contribution in [0, 0.1) is 5.92 Å². The first-order valence-corrected chi connectivity index (χ1v) is 19.5. The molecule has 1 aromatic carbocycles. The number of hydrogen-bond acceptors (Lipinski definition) is 9. The SMILES string of the molecule is C=C[C@H]1C[C@@]1(NC(=O)[C@@H]1C[C@@H]2CN1C(=O)[C@H](CCCC)NC(=O)OCCC/C=C/c1cc(cc(OC(C)(C)C)c1)CO2)C(=O)NS(=O)(=O)C1CC1. The van der Waals surface area contributed by atoms with Crippen LogP contribution in [0.4, 0.5) is 4.79 Å². The number of allylic oxidation sites excluding steroid dienone is 1. The van der Waals surface area contributed by atoms with E-state index in [0.717, 1.165) is 17.5 Å². The van der Waals surface area contributed by atoms with Crippen LogP contribution in [0.2, 0.25) is 0 Å². The number of cyclic esters (lactones) is 1. The number of amides is 4. The van der Waals surface area contributed by atoms with E-state index in [4.69, 9.17) is 14.2 Å². The van der Waals surface area contributed by atoms with Gasteiger partial charge in [-0.2, -0.15) is 0 Å². The smallest absolute Gasteiger partial charge is 0.407 e. The summed E-state index contributed by atoms with van der Waals surface area (Å²) in [4.78, 5) is 56.0. The number of ether oxygens (including phenoxy) is 3. The molecule has 14 heteroatoms. The maximum absolute atomic E-state index is 14.2. The Hall–Kier alpha value is -3.91. The summed E-state index contributed by atoms with van der Waals surface area (Å²) in [6, 6.07) is 3.82. The molecule has 2 saturated carbocycles. The van der Waals surface area contributed by atoms with E-state index in [9.17, 15) is 27.6 Å². The lowest BCUT2D eigenvalue weighted by Crippen LogP contribution is -2.58. The van der Waals surface area contributed by atoms with Crippen LogP contribution in [-0.4, -0.2) is 84.9 Å². The molecule has 4 bridgehead atoms. The number of nitrogens with zero attached hydrogens (tertiary/aromatic N) is 1. The second kappa shape index (κ2) is 15.8. The third kappa shape index (κ3) is 9.91. The van der Waals surface area contributed by atoms with Crippen LogP contribution < -0.4 is 20.1 Å². The molecule has 0 unspecified atom stereocenters. The van der Waals surface area contributed by atoms with Crippen molar-refractivity contribution < 1.29 is 41.8 Å². The molecule has 1 saturated heterocycles. The van der Waals surface area contributed by atoms with Crippen LogP contribution in [0.1, 0.15) is 96.6 Å². The number of benzene rings is 1. The number of nitrogens with one attached hydrogen (secondary N) is 3. The highest BCUT2D eigenvalue weighted by atomic mass is 32.2. The fraction of sp³-hybridized carbons (Fsp3) is 0.622. The van der Waals surface area contributed by atoms with Gasteiger partial charge in [-0.3, -0.25) is 19.1 Å². The van der Waals surface area contributed by atoms with Crippen LogP contribution in [0.5, 0.6) is 5.75 Å². The Bertz CT molecular complexity index is 1630. The molecule has 0 spiro atoms. The molecule has 0 aromatic heterocycles. The minimum Gasteiger partial charge on any atom is -0.488 e. The van der Waals surface area contributed by atoms with Crippen molar-refractivity contribution in [2.24, 2.45) is 5.92 Å². The van der Waals surface area contributed by atoms with E-state index in [0.29, 0.717) is 44.3 Å². The molecule has 4 amide bonds. The highest BCUT2D eigenvalue weighted by Gasteiger charge is 2.62. The summed E-state index contributed by atoms with van der Waals surface area (Å²) < 4.78 is 45.4. The Kier molecular flexibility index (Phi) is 11.8. The van der Waals surface area contributed by atoms with Gasteiger partial charge in [-0.05, 0) is 88.6 Å². The first kappa shape index (κ1) is 38.3. The molecule has 13 nitrogen and oxygen atoms in total. The molecule has 2 aliphatic heterocycles. The quantitative estimate of drug-likeness (QED) is 0.300. The van der Waals surface area contributed by atoms with E-state index in [2.05, 4.69) is 21.9 Å². The number of fused-ring (bicyclic) bond motifs is 4. The Morgan fingerprint density at radius 3 is 2.63 bits per heavy atom. The Labute approximate surface area is 300 Å². The van der Waals surface area contributed by atoms with Crippen LogP contribution in [-0.2, 0) is 40.5 Å². The maximum atomic E-state index is 14.2. The zero-order valence-corrected chi connectivity index (χ0v) is 30.9. The van der Waals surface area contributed by atoms with E-state index in [1.165, 1.54) is 11.0 Å². The molecule has 3 N–H and O–H groups in total. The molecule has 2 heterocycles. The van der Waals surface area contributed by atoms with Crippen LogP contribution in [0.3, 0.4) is 0 Å². The number of sulfonamides is 1. The largest absolute Gasteiger partial charge is 0.488 e. The minimum absolute atomic E-state index is 0.0569. The summed E-state index contributed by atoms with van der Waals surface area (Å²) in [7, 11) is -3.87. The summed E-state index contributed by atoms with van der Waals surface area (Å²) in [5.74, 6) is -1.72. The van der Waals surface area contributed by atoms with Gasteiger partial charge >= 0.3 is 6.09 Å². The van der Waals surface area contributed by atoms with Gasteiger partial charge in [0.05, 0.1) is 24.6 Å². The average molecular weight is 729 g/mol. The van der Waals surface area contributed by atoms with Gasteiger partial charge in [0.1, 0.15) is 29.0 Å². The zero-order chi connectivity index (χ0) is 37.0. The first-order chi connectivity index (χ1) is 24.1. The van der Waals surface area contributed by atoms with Gasteiger partial charge < -0.3 is 29.7 Å². The molecule has 3 fully saturated rings. The fourth-order valence-corrected chi connectivity index (χ4v) is 7.92. The van der Waals surface area contributed by atoms with E-state index in [1.807, 2.05) is 58.0 Å².